The molecule has 1 aliphatic rings. The number of carbonyl (C=O) groups excluding carboxylic acids is 1. The average Bonchev–Trinajstić information content (AvgIpc) is 2.74. The van der Waals surface area contributed by atoms with Crippen LogP contribution in [0, 0.1) is 6.92 Å². The summed E-state index contributed by atoms with van der Waals surface area (Å²) in [6, 6.07) is 12.2. The zero-order valence-electron chi connectivity index (χ0n) is 19.0. The van der Waals surface area contributed by atoms with E-state index < -0.39 is 16.1 Å². The SMILES string of the molecule is Cc1ccc(N(C(C)C(=O)NCc2cccc(CN3CCCCC3)c2)S(C)(=O)=O)cc1Cl. The molecule has 0 aliphatic carbocycles. The Kier molecular flexibility index (Phi) is 8.20. The first-order valence-electron chi connectivity index (χ1n) is 11.0. The Morgan fingerprint density at radius 2 is 1.81 bits per heavy atom. The second kappa shape index (κ2) is 10.7. The fourth-order valence-corrected chi connectivity index (χ4v) is 5.42. The molecule has 1 saturated heterocycles. The lowest BCUT2D eigenvalue weighted by atomic mass is 10.1. The van der Waals surface area contributed by atoms with Crippen LogP contribution >= 0.6 is 11.6 Å². The normalized spacial score (nSPS) is 15.9. The molecule has 8 heteroatoms. The van der Waals surface area contributed by atoms with Gasteiger partial charge in [-0.2, -0.15) is 0 Å². The minimum absolute atomic E-state index is 0.337. The van der Waals surface area contributed by atoms with E-state index in [0.29, 0.717) is 17.3 Å². The number of piperidine rings is 1. The van der Waals surface area contributed by atoms with Crippen molar-refractivity contribution >= 4 is 33.2 Å². The highest BCUT2D eigenvalue weighted by atomic mass is 35.5. The van der Waals surface area contributed by atoms with Crippen LogP contribution in [0.15, 0.2) is 42.5 Å². The molecular weight excluding hydrogens is 446 g/mol. The van der Waals surface area contributed by atoms with Crippen LogP contribution in [0.3, 0.4) is 0 Å². The molecule has 1 unspecified atom stereocenters. The number of rotatable bonds is 8. The Labute approximate surface area is 196 Å². The third-order valence-corrected chi connectivity index (χ3v) is 7.46. The largest absolute Gasteiger partial charge is 0.350 e. The lowest BCUT2D eigenvalue weighted by Crippen LogP contribution is -2.47. The van der Waals surface area contributed by atoms with Gasteiger partial charge in [0.1, 0.15) is 6.04 Å². The number of aryl methyl sites for hydroxylation is 1. The number of amides is 1. The van der Waals surface area contributed by atoms with E-state index in [1.807, 2.05) is 19.1 Å². The van der Waals surface area contributed by atoms with Crippen molar-refractivity contribution < 1.29 is 13.2 Å². The maximum atomic E-state index is 12.9. The summed E-state index contributed by atoms with van der Waals surface area (Å²) in [6.45, 7) is 6.92. The number of likely N-dealkylation sites (tertiary alicyclic amines) is 1. The van der Waals surface area contributed by atoms with Crippen LogP contribution in [0.2, 0.25) is 5.02 Å². The van der Waals surface area contributed by atoms with Gasteiger partial charge in [-0.15, -0.1) is 0 Å². The van der Waals surface area contributed by atoms with Crippen molar-refractivity contribution in [1.82, 2.24) is 10.2 Å². The molecule has 0 bridgehead atoms. The number of benzene rings is 2. The zero-order chi connectivity index (χ0) is 23.3. The third kappa shape index (κ3) is 6.47. The van der Waals surface area contributed by atoms with Gasteiger partial charge in [-0.3, -0.25) is 14.0 Å². The molecule has 3 rings (SSSR count). The molecule has 2 aromatic carbocycles. The van der Waals surface area contributed by atoms with Crippen LogP contribution in [0.5, 0.6) is 0 Å². The average molecular weight is 478 g/mol. The number of nitrogens with one attached hydrogen (secondary N) is 1. The number of anilines is 1. The van der Waals surface area contributed by atoms with Gasteiger partial charge in [-0.05, 0) is 68.6 Å². The lowest BCUT2D eigenvalue weighted by Gasteiger charge is -2.28. The number of halogens is 1. The molecule has 32 heavy (non-hydrogen) atoms. The van der Waals surface area contributed by atoms with Gasteiger partial charge in [-0.25, -0.2) is 8.42 Å². The maximum absolute atomic E-state index is 12.9. The summed E-state index contributed by atoms with van der Waals surface area (Å²) in [5.41, 5.74) is 3.42. The van der Waals surface area contributed by atoms with Gasteiger partial charge in [0.05, 0.1) is 11.9 Å². The summed E-state index contributed by atoms with van der Waals surface area (Å²) >= 11 is 6.19. The predicted molar refractivity (Wildman–Crippen MR) is 130 cm³/mol. The molecule has 0 aromatic heterocycles. The van der Waals surface area contributed by atoms with Gasteiger partial charge < -0.3 is 5.32 Å². The molecule has 0 radical (unpaired) electrons. The summed E-state index contributed by atoms with van der Waals surface area (Å²) in [7, 11) is -3.69. The van der Waals surface area contributed by atoms with E-state index in [9.17, 15) is 13.2 Å². The highest BCUT2D eigenvalue weighted by molar-refractivity contribution is 7.92. The molecule has 0 saturated carbocycles. The zero-order valence-corrected chi connectivity index (χ0v) is 20.5. The molecular formula is C24H32ClN3O3S. The van der Waals surface area contributed by atoms with E-state index in [0.717, 1.165) is 41.3 Å². The number of carbonyl (C=O) groups is 1. The number of hydrogen-bond acceptors (Lipinski definition) is 4. The van der Waals surface area contributed by atoms with E-state index in [-0.39, 0.29) is 5.91 Å². The first kappa shape index (κ1) is 24.6. The molecule has 2 aromatic rings. The van der Waals surface area contributed by atoms with Crippen molar-refractivity contribution in [2.24, 2.45) is 0 Å². The second-order valence-corrected chi connectivity index (χ2v) is 10.8. The van der Waals surface area contributed by atoms with Crippen molar-refractivity contribution in [3.63, 3.8) is 0 Å². The lowest BCUT2D eigenvalue weighted by molar-refractivity contribution is -0.122. The van der Waals surface area contributed by atoms with Crippen molar-refractivity contribution in [1.29, 1.82) is 0 Å². The highest BCUT2D eigenvalue weighted by Gasteiger charge is 2.29. The Morgan fingerprint density at radius 1 is 1.12 bits per heavy atom. The fourth-order valence-electron chi connectivity index (χ4n) is 4.08. The van der Waals surface area contributed by atoms with Crippen LogP contribution in [0.1, 0.15) is 42.9 Å². The van der Waals surface area contributed by atoms with Crippen LogP contribution in [0.25, 0.3) is 0 Å². The Morgan fingerprint density at radius 3 is 2.47 bits per heavy atom. The number of sulfonamides is 1. The summed E-state index contributed by atoms with van der Waals surface area (Å²) in [4.78, 5) is 15.3. The fraction of sp³-hybridized carbons (Fsp3) is 0.458. The molecule has 6 nitrogen and oxygen atoms in total. The van der Waals surface area contributed by atoms with Gasteiger partial charge in [-0.1, -0.05) is 48.4 Å². The van der Waals surface area contributed by atoms with Crippen LogP contribution in [0.4, 0.5) is 5.69 Å². The monoisotopic (exact) mass is 477 g/mol. The quantitative estimate of drug-likeness (QED) is 0.621. The van der Waals surface area contributed by atoms with Crippen molar-refractivity contribution in [2.75, 3.05) is 23.7 Å². The predicted octanol–water partition coefficient (Wildman–Crippen LogP) is 4.11. The molecule has 1 atom stereocenters. The standard InChI is InChI=1S/C24H32ClN3O3S/c1-18-10-11-22(15-23(18)25)28(32(3,30)31)19(2)24(29)26-16-20-8-7-9-21(14-20)17-27-12-5-4-6-13-27/h7-11,14-15,19H,4-6,12-13,16-17H2,1-3H3,(H,26,29). The minimum atomic E-state index is -3.69. The molecule has 1 aliphatic heterocycles. The van der Waals surface area contributed by atoms with Crippen LogP contribution in [-0.4, -0.2) is 44.6 Å². The van der Waals surface area contributed by atoms with E-state index >= 15 is 0 Å². The Hall–Kier alpha value is -2.09. The van der Waals surface area contributed by atoms with Gasteiger partial charge in [0.25, 0.3) is 0 Å². The topological polar surface area (TPSA) is 69.7 Å². The molecule has 1 heterocycles. The van der Waals surface area contributed by atoms with Gasteiger partial charge >= 0.3 is 0 Å². The van der Waals surface area contributed by atoms with E-state index in [1.165, 1.54) is 24.8 Å². The van der Waals surface area contributed by atoms with Crippen molar-refractivity contribution in [3.05, 3.63) is 64.2 Å². The smallest absolute Gasteiger partial charge is 0.243 e. The summed E-state index contributed by atoms with van der Waals surface area (Å²) in [6.07, 6.45) is 4.89. The third-order valence-electron chi connectivity index (χ3n) is 5.81. The maximum Gasteiger partial charge on any atom is 0.243 e. The molecule has 1 N–H and O–H groups in total. The van der Waals surface area contributed by atoms with Crippen molar-refractivity contribution in [2.45, 2.75) is 52.2 Å². The summed E-state index contributed by atoms with van der Waals surface area (Å²) in [5.74, 6) is -0.367. The highest BCUT2D eigenvalue weighted by Crippen LogP contribution is 2.26. The molecule has 1 fully saturated rings. The van der Waals surface area contributed by atoms with E-state index in [1.54, 1.807) is 25.1 Å². The molecule has 0 spiro atoms. The molecule has 1 amide bonds. The number of nitrogens with zero attached hydrogens (tertiary/aromatic N) is 2. The summed E-state index contributed by atoms with van der Waals surface area (Å²) in [5, 5.41) is 3.34. The second-order valence-electron chi connectivity index (χ2n) is 8.54. The first-order chi connectivity index (χ1) is 15.1. The van der Waals surface area contributed by atoms with E-state index in [4.69, 9.17) is 11.6 Å². The number of hydrogen-bond donors (Lipinski definition) is 1. The molecule has 174 valence electrons. The van der Waals surface area contributed by atoms with Gasteiger partial charge in [0.2, 0.25) is 15.9 Å². The Balaban J connectivity index is 1.67. The summed E-state index contributed by atoms with van der Waals surface area (Å²) < 4.78 is 26.1. The van der Waals surface area contributed by atoms with Crippen LogP contribution < -0.4 is 9.62 Å². The van der Waals surface area contributed by atoms with Crippen molar-refractivity contribution in [3.8, 4) is 0 Å². The Bertz CT molecular complexity index is 1050. The van der Waals surface area contributed by atoms with Gasteiger partial charge in [0.15, 0.2) is 0 Å². The van der Waals surface area contributed by atoms with E-state index in [2.05, 4.69) is 22.3 Å². The first-order valence-corrected chi connectivity index (χ1v) is 13.2. The van der Waals surface area contributed by atoms with Gasteiger partial charge in [0, 0.05) is 18.1 Å². The van der Waals surface area contributed by atoms with Crippen LogP contribution in [-0.2, 0) is 27.9 Å². The minimum Gasteiger partial charge on any atom is -0.350 e.